The third-order valence-corrected chi connectivity index (χ3v) is 1.38. The Morgan fingerprint density at radius 2 is 2.09 bits per heavy atom. The van der Waals surface area contributed by atoms with Gasteiger partial charge in [-0.2, -0.15) is 0 Å². The molecule has 0 aromatic rings. The fourth-order valence-corrected chi connectivity index (χ4v) is 0.800. The third kappa shape index (κ3) is 9.21. The van der Waals surface area contributed by atoms with E-state index in [2.05, 4.69) is 6.92 Å². The summed E-state index contributed by atoms with van der Waals surface area (Å²) < 4.78 is 0. The van der Waals surface area contributed by atoms with Crippen LogP contribution in [-0.4, -0.2) is 11.1 Å². The van der Waals surface area contributed by atoms with E-state index in [1.165, 1.54) is 6.08 Å². The lowest BCUT2D eigenvalue weighted by Gasteiger charge is -1.92. The molecule has 2 nitrogen and oxygen atoms in total. The van der Waals surface area contributed by atoms with Gasteiger partial charge < -0.3 is 5.11 Å². The van der Waals surface area contributed by atoms with Crippen LogP contribution in [0.5, 0.6) is 0 Å². The van der Waals surface area contributed by atoms with Gasteiger partial charge in [0.05, 0.1) is 0 Å². The number of aliphatic carboxylic acids is 1. The number of carbonyl (C=O) groups is 1. The van der Waals surface area contributed by atoms with Gasteiger partial charge in [-0.25, -0.2) is 4.79 Å². The molecular weight excluding hydrogens is 140 g/mol. The van der Waals surface area contributed by atoms with Crippen molar-refractivity contribution >= 4 is 5.97 Å². The highest BCUT2D eigenvalue weighted by Crippen LogP contribution is 2.02. The molecule has 0 heterocycles. The molecule has 0 saturated carbocycles. The topological polar surface area (TPSA) is 37.3 Å². The van der Waals surface area contributed by atoms with Crippen molar-refractivity contribution < 1.29 is 9.90 Å². The van der Waals surface area contributed by atoms with Crippen molar-refractivity contribution in [1.29, 1.82) is 0 Å². The molecule has 0 aliphatic rings. The molecule has 63 valence electrons. The monoisotopic (exact) mass is 155 g/mol. The van der Waals surface area contributed by atoms with Gasteiger partial charge in [-0.3, -0.25) is 0 Å². The first-order chi connectivity index (χ1) is 5.27. The van der Waals surface area contributed by atoms with Gasteiger partial charge in [0.2, 0.25) is 0 Å². The quantitative estimate of drug-likeness (QED) is 0.472. The standard InChI is InChI=1S/C9H15O2/c1-2-3-4-5-6-7-8-9(10)11/h7-8H,1-6H2,(H,10,11). The first-order valence-corrected chi connectivity index (χ1v) is 3.96. The third-order valence-electron chi connectivity index (χ3n) is 1.38. The van der Waals surface area contributed by atoms with Gasteiger partial charge in [-0.1, -0.05) is 32.3 Å². The lowest BCUT2D eigenvalue weighted by molar-refractivity contribution is -0.131. The summed E-state index contributed by atoms with van der Waals surface area (Å²) in [6.07, 6.45) is 8.10. The Morgan fingerprint density at radius 1 is 1.36 bits per heavy atom. The highest BCUT2D eigenvalue weighted by molar-refractivity contribution is 5.79. The second kappa shape index (κ2) is 7.32. The minimum atomic E-state index is -0.859. The largest absolute Gasteiger partial charge is 0.478 e. The van der Waals surface area contributed by atoms with E-state index in [0.29, 0.717) is 0 Å². The normalized spacial score (nSPS) is 10.6. The van der Waals surface area contributed by atoms with E-state index >= 15 is 0 Å². The van der Waals surface area contributed by atoms with E-state index in [-0.39, 0.29) is 0 Å². The van der Waals surface area contributed by atoms with Crippen LogP contribution >= 0.6 is 0 Å². The summed E-state index contributed by atoms with van der Waals surface area (Å²) in [7, 11) is 0. The molecule has 11 heavy (non-hydrogen) atoms. The summed E-state index contributed by atoms with van der Waals surface area (Å²) in [4.78, 5) is 9.99. The maximum absolute atomic E-state index is 9.99. The molecule has 0 atom stereocenters. The Hall–Kier alpha value is -0.790. The molecule has 2 heteroatoms. The molecule has 0 unspecified atom stereocenters. The molecular formula is C9H15O2. The van der Waals surface area contributed by atoms with Crippen LogP contribution in [0.4, 0.5) is 0 Å². The van der Waals surface area contributed by atoms with Gasteiger partial charge in [0.15, 0.2) is 0 Å². The van der Waals surface area contributed by atoms with Crippen molar-refractivity contribution in [2.24, 2.45) is 0 Å². The molecule has 0 fully saturated rings. The van der Waals surface area contributed by atoms with Crippen LogP contribution in [0.2, 0.25) is 0 Å². The predicted molar refractivity (Wildman–Crippen MR) is 45.2 cm³/mol. The maximum atomic E-state index is 9.99. The Labute approximate surface area is 67.9 Å². The number of allylic oxidation sites excluding steroid dienone is 1. The Morgan fingerprint density at radius 3 is 2.64 bits per heavy atom. The van der Waals surface area contributed by atoms with Gasteiger partial charge in [0, 0.05) is 6.08 Å². The van der Waals surface area contributed by atoms with E-state index < -0.39 is 5.97 Å². The fraction of sp³-hybridized carbons (Fsp3) is 0.556. The van der Waals surface area contributed by atoms with E-state index in [1.54, 1.807) is 6.08 Å². The van der Waals surface area contributed by atoms with Crippen LogP contribution in [0.1, 0.15) is 32.1 Å². The lowest BCUT2D eigenvalue weighted by atomic mass is 10.1. The second-order valence-corrected chi connectivity index (χ2v) is 2.44. The van der Waals surface area contributed by atoms with E-state index in [1.807, 2.05) is 0 Å². The van der Waals surface area contributed by atoms with Gasteiger partial charge in [0.25, 0.3) is 0 Å². The first kappa shape index (κ1) is 10.2. The van der Waals surface area contributed by atoms with Crippen LogP contribution < -0.4 is 0 Å². The summed E-state index contributed by atoms with van der Waals surface area (Å²) in [5, 5.41) is 8.22. The molecule has 0 amide bonds. The molecule has 0 aromatic heterocycles. The lowest BCUT2D eigenvalue weighted by Crippen LogP contribution is -1.85. The summed E-state index contributed by atoms with van der Waals surface area (Å²) in [5.74, 6) is -0.859. The summed E-state index contributed by atoms with van der Waals surface area (Å²) in [5.41, 5.74) is 0. The maximum Gasteiger partial charge on any atom is 0.327 e. The number of rotatable bonds is 6. The number of unbranched alkanes of at least 4 members (excludes halogenated alkanes) is 4. The summed E-state index contributed by atoms with van der Waals surface area (Å²) in [6, 6.07) is 0. The highest BCUT2D eigenvalue weighted by Gasteiger charge is 1.86. The smallest absolute Gasteiger partial charge is 0.327 e. The van der Waals surface area contributed by atoms with Crippen LogP contribution in [0.3, 0.4) is 0 Å². The Kier molecular flexibility index (Phi) is 6.79. The number of carboxylic acids is 1. The molecule has 1 N–H and O–H groups in total. The van der Waals surface area contributed by atoms with Crippen molar-refractivity contribution in [1.82, 2.24) is 0 Å². The van der Waals surface area contributed by atoms with Crippen molar-refractivity contribution in [3.63, 3.8) is 0 Å². The molecule has 0 aliphatic carbocycles. The number of hydrogen-bond acceptors (Lipinski definition) is 1. The fourth-order valence-electron chi connectivity index (χ4n) is 0.800. The van der Waals surface area contributed by atoms with Crippen LogP contribution in [-0.2, 0) is 4.79 Å². The molecule has 0 saturated heterocycles. The summed E-state index contributed by atoms with van der Waals surface area (Å²) >= 11 is 0. The van der Waals surface area contributed by atoms with Gasteiger partial charge in [-0.05, 0) is 12.8 Å². The molecule has 0 rings (SSSR count). The predicted octanol–water partition coefficient (Wildman–Crippen LogP) is 2.41. The van der Waals surface area contributed by atoms with Crippen molar-refractivity contribution in [3.8, 4) is 0 Å². The minimum absolute atomic E-state index is 0.859. The first-order valence-electron chi connectivity index (χ1n) is 3.96. The number of hydrogen-bond donors (Lipinski definition) is 1. The van der Waals surface area contributed by atoms with Crippen LogP contribution in [0, 0.1) is 6.92 Å². The van der Waals surface area contributed by atoms with Crippen molar-refractivity contribution in [2.45, 2.75) is 32.1 Å². The van der Waals surface area contributed by atoms with Gasteiger partial charge in [-0.15, -0.1) is 0 Å². The zero-order valence-corrected chi connectivity index (χ0v) is 6.75. The van der Waals surface area contributed by atoms with Gasteiger partial charge in [0.1, 0.15) is 0 Å². The zero-order valence-electron chi connectivity index (χ0n) is 6.75. The molecule has 0 spiro atoms. The summed E-state index contributed by atoms with van der Waals surface area (Å²) in [6.45, 7) is 3.72. The Balaban J connectivity index is 3.07. The van der Waals surface area contributed by atoms with E-state index in [0.717, 1.165) is 32.1 Å². The minimum Gasteiger partial charge on any atom is -0.478 e. The van der Waals surface area contributed by atoms with E-state index in [4.69, 9.17) is 5.11 Å². The average molecular weight is 155 g/mol. The van der Waals surface area contributed by atoms with Crippen LogP contribution in [0.15, 0.2) is 12.2 Å². The van der Waals surface area contributed by atoms with Gasteiger partial charge >= 0.3 is 5.97 Å². The molecule has 0 aromatic carbocycles. The van der Waals surface area contributed by atoms with Crippen LogP contribution in [0.25, 0.3) is 0 Å². The second-order valence-electron chi connectivity index (χ2n) is 2.44. The van der Waals surface area contributed by atoms with Crippen molar-refractivity contribution in [2.75, 3.05) is 0 Å². The molecule has 1 radical (unpaired) electrons. The Bertz CT molecular complexity index is 128. The number of carboxylic acid groups (broad SMARTS) is 1. The SMILES string of the molecule is [CH2]CCCCCC=CC(=O)O. The zero-order chi connectivity index (χ0) is 8.53. The molecule has 0 bridgehead atoms. The van der Waals surface area contributed by atoms with Crippen molar-refractivity contribution in [3.05, 3.63) is 19.1 Å². The highest BCUT2D eigenvalue weighted by atomic mass is 16.4. The molecule has 0 aliphatic heterocycles. The van der Waals surface area contributed by atoms with E-state index in [9.17, 15) is 4.79 Å². The average Bonchev–Trinajstić information content (AvgIpc) is 1.96.